The largest absolute Gasteiger partial charge is 0.410 e. The molecular weight excluding hydrogens is 414 g/mol. The second-order valence-electron chi connectivity index (χ2n) is 5.88. The monoisotopic (exact) mass is 429 g/mol. The fraction of sp³-hybridized carbons (Fsp3) is 0.150. The summed E-state index contributed by atoms with van der Waals surface area (Å²) in [4.78, 5) is 15.1. The predicted molar refractivity (Wildman–Crippen MR) is 115 cm³/mol. The van der Waals surface area contributed by atoms with E-state index in [1.807, 2.05) is 61.5 Å². The maximum absolute atomic E-state index is 12.6. The number of thiophene rings is 1. The number of anilines is 1. The molecule has 0 radical (unpaired) electrons. The first-order valence-electron chi connectivity index (χ1n) is 8.66. The lowest BCUT2D eigenvalue weighted by atomic mass is 10.2. The van der Waals surface area contributed by atoms with Crippen molar-refractivity contribution in [3.8, 4) is 10.8 Å². The highest BCUT2D eigenvalue weighted by Crippen LogP contribution is 2.41. The zero-order valence-electron chi connectivity index (χ0n) is 15.0. The van der Waals surface area contributed by atoms with Crippen molar-refractivity contribution in [2.24, 2.45) is 0 Å². The van der Waals surface area contributed by atoms with Crippen LogP contribution in [0, 0.1) is 0 Å². The summed E-state index contributed by atoms with van der Waals surface area (Å²) in [7, 11) is 0. The van der Waals surface area contributed by atoms with Crippen molar-refractivity contribution in [3.05, 3.63) is 59.6 Å². The number of hydrogen-bond donors (Lipinski definition) is 0. The minimum Gasteiger partial charge on any atom is -0.410 e. The van der Waals surface area contributed by atoms with Crippen LogP contribution in [-0.2, 0) is 4.79 Å². The van der Waals surface area contributed by atoms with Crippen molar-refractivity contribution in [1.29, 1.82) is 0 Å². The highest BCUT2D eigenvalue weighted by atomic mass is 35.5. The minimum atomic E-state index is -0.0154. The molecule has 0 atom stereocenters. The van der Waals surface area contributed by atoms with E-state index in [0.29, 0.717) is 22.7 Å². The molecule has 0 bridgehead atoms. The van der Waals surface area contributed by atoms with E-state index in [1.165, 1.54) is 23.1 Å². The van der Waals surface area contributed by atoms with Gasteiger partial charge in [-0.05, 0) is 25.1 Å². The lowest BCUT2D eigenvalue weighted by Crippen LogP contribution is -2.32. The van der Waals surface area contributed by atoms with Gasteiger partial charge in [0.2, 0.25) is 5.91 Å². The van der Waals surface area contributed by atoms with E-state index in [-0.39, 0.29) is 11.7 Å². The molecule has 0 aliphatic carbocycles. The van der Waals surface area contributed by atoms with Gasteiger partial charge in [0.25, 0.3) is 11.1 Å². The van der Waals surface area contributed by atoms with Crippen LogP contribution in [0.2, 0.25) is 5.02 Å². The minimum absolute atomic E-state index is 0.0154. The first kappa shape index (κ1) is 19.0. The van der Waals surface area contributed by atoms with Crippen LogP contribution in [0.5, 0.6) is 0 Å². The van der Waals surface area contributed by atoms with Crippen LogP contribution in [0.1, 0.15) is 6.92 Å². The van der Waals surface area contributed by atoms with Gasteiger partial charge in [-0.3, -0.25) is 4.79 Å². The first-order valence-corrected chi connectivity index (χ1v) is 10.8. The second-order valence-corrected chi connectivity index (χ2v) is 8.23. The Labute approximate surface area is 175 Å². The normalized spacial score (nSPS) is 11.1. The Morgan fingerprint density at radius 3 is 2.64 bits per heavy atom. The Bertz CT molecular complexity index is 1110. The summed E-state index contributed by atoms with van der Waals surface area (Å²) < 4.78 is 6.81. The van der Waals surface area contributed by atoms with E-state index in [2.05, 4.69) is 10.2 Å². The SMILES string of the molecule is CCN(C(=O)CSc1nnc(-c2sc3ccccc3c2Cl)o1)c1ccccc1. The first-order chi connectivity index (χ1) is 13.7. The third-order valence-corrected chi connectivity index (χ3v) is 6.61. The van der Waals surface area contributed by atoms with Crippen molar-refractivity contribution in [2.75, 3.05) is 17.2 Å². The Morgan fingerprint density at radius 1 is 1.14 bits per heavy atom. The average molecular weight is 430 g/mol. The number of fused-ring (bicyclic) bond motifs is 1. The van der Waals surface area contributed by atoms with Crippen molar-refractivity contribution in [3.63, 3.8) is 0 Å². The van der Waals surface area contributed by atoms with Gasteiger partial charge in [-0.2, -0.15) is 0 Å². The second kappa shape index (κ2) is 8.34. The summed E-state index contributed by atoms with van der Waals surface area (Å²) in [6.07, 6.45) is 0. The highest BCUT2D eigenvalue weighted by molar-refractivity contribution is 7.99. The molecule has 0 aliphatic heterocycles. The number of para-hydroxylation sites is 1. The molecule has 8 heteroatoms. The molecule has 2 aromatic carbocycles. The van der Waals surface area contributed by atoms with Crippen LogP contribution in [0.15, 0.2) is 64.2 Å². The Hall–Kier alpha value is -2.35. The third kappa shape index (κ3) is 3.78. The van der Waals surface area contributed by atoms with Crippen LogP contribution >= 0.6 is 34.7 Å². The molecule has 0 saturated carbocycles. The fourth-order valence-electron chi connectivity index (χ4n) is 2.82. The number of carbonyl (C=O) groups excluding carboxylic acids is 1. The van der Waals surface area contributed by atoms with Gasteiger partial charge in [-0.15, -0.1) is 21.5 Å². The summed E-state index contributed by atoms with van der Waals surface area (Å²) in [5, 5.41) is 10.1. The standard InChI is InChI=1S/C20H16ClN3O2S2/c1-2-24(13-8-4-3-5-9-13)16(25)12-27-20-23-22-19(26-20)18-17(21)14-10-6-7-11-15(14)28-18/h3-11H,2,12H2,1H3. The molecule has 1 amide bonds. The van der Waals surface area contributed by atoms with Crippen LogP contribution in [-0.4, -0.2) is 28.4 Å². The molecule has 4 aromatic rings. The van der Waals surface area contributed by atoms with Crippen molar-refractivity contribution >= 4 is 56.4 Å². The van der Waals surface area contributed by atoms with E-state index in [0.717, 1.165) is 20.7 Å². The van der Waals surface area contributed by atoms with Crippen molar-refractivity contribution in [1.82, 2.24) is 10.2 Å². The molecule has 2 heterocycles. The van der Waals surface area contributed by atoms with Crippen molar-refractivity contribution < 1.29 is 9.21 Å². The van der Waals surface area contributed by atoms with Gasteiger partial charge < -0.3 is 9.32 Å². The van der Waals surface area contributed by atoms with Gasteiger partial charge in [0.05, 0.1) is 10.8 Å². The number of benzene rings is 2. The van der Waals surface area contributed by atoms with Crippen molar-refractivity contribution in [2.45, 2.75) is 12.1 Å². The molecule has 2 aromatic heterocycles. The Kier molecular flexibility index (Phi) is 5.66. The van der Waals surface area contributed by atoms with Gasteiger partial charge in [0, 0.05) is 22.3 Å². The van der Waals surface area contributed by atoms with Crippen LogP contribution in [0.25, 0.3) is 20.9 Å². The van der Waals surface area contributed by atoms with E-state index in [1.54, 1.807) is 4.90 Å². The smallest absolute Gasteiger partial charge is 0.277 e. The van der Waals surface area contributed by atoms with E-state index in [4.69, 9.17) is 16.0 Å². The summed E-state index contributed by atoms with van der Waals surface area (Å²) >= 11 is 9.20. The third-order valence-electron chi connectivity index (χ3n) is 4.14. The average Bonchev–Trinajstić information content (AvgIpc) is 3.33. The molecule has 0 spiro atoms. The number of rotatable bonds is 6. The van der Waals surface area contributed by atoms with Crippen LogP contribution in [0.3, 0.4) is 0 Å². The zero-order valence-corrected chi connectivity index (χ0v) is 17.4. The van der Waals surface area contributed by atoms with E-state index < -0.39 is 0 Å². The maximum atomic E-state index is 12.6. The number of halogens is 1. The Morgan fingerprint density at radius 2 is 1.89 bits per heavy atom. The number of carbonyl (C=O) groups is 1. The van der Waals surface area contributed by atoms with Gasteiger partial charge in [0.15, 0.2) is 0 Å². The lowest BCUT2D eigenvalue weighted by Gasteiger charge is -2.20. The molecule has 5 nitrogen and oxygen atoms in total. The molecule has 0 saturated heterocycles. The quantitative estimate of drug-likeness (QED) is 0.365. The van der Waals surface area contributed by atoms with Gasteiger partial charge in [-0.1, -0.05) is 59.8 Å². The number of hydrogen-bond acceptors (Lipinski definition) is 6. The van der Waals surface area contributed by atoms with Gasteiger partial charge in [0.1, 0.15) is 4.88 Å². The summed E-state index contributed by atoms with van der Waals surface area (Å²) in [5.41, 5.74) is 0.874. The number of nitrogens with zero attached hydrogens (tertiary/aromatic N) is 3. The maximum Gasteiger partial charge on any atom is 0.277 e. The number of aromatic nitrogens is 2. The summed E-state index contributed by atoms with van der Waals surface area (Å²) in [5.74, 6) is 0.569. The molecule has 4 rings (SSSR count). The fourth-order valence-corrected chi connectivity index (χ4v) is 4.90. The Balaban J connectivity index is 1.47. The summed E-state index contributed by atoms with van der Waals surface area (Å²) in [6, 6.07) is 17.5. The van der Waals surface area contributed by atoms with Crippen LogP contribution in [0.4, 0.5) is 5.69 Å². The number of thioether (sulfide) groups is 1. The summed E-state index contributed by atoms with van der Waals surface area (Å²) in [6.45, 7) is 2.54. The molecule has 0 fully saturated rings. The molecule has 0 unspecified atom stereocenters. The lowest BCUT2D eigenvalue weighted by molar-refractivity contribution is -0.116. The molecular formula is C20H16ClN3O2S2. The molecule has 28 heavy (non-hydrogen) atoms. The van der Waals surface area contributed by atoms with Gasteiger partial charge >= 0.3 is 0 Å². The van der Waals surface area contributed by atoms with E-state index in [9.17, 15) is 4.79 Å². The number of amides is 1. The highest BCUT2D eigenvalue weighted by Gasteiger charge is 2.19. The van der Waals surface area contributed by atoms with Gasteiger partial charge in [-0.25, -0.2) is 0 Å². The van der Waals surface area contributed by atoms with E-state index >= 15 is 0 Å². The van der Waals surface area contributed by atoms with Crippen LogP contribution < -0.4 is 4.90 Å². The predicted octanol–water partition coefficient (Wildman–Crippen LogP) is 5.75. The molecule has 142 valence electrons. The zero-order chi connectivity index (χ0) is 19.5. The molecule has 0 aliphatic rings. The topological polar surface area (TPSA) is 59.2 Å². The molecule has 0 N–H and O–H groups in total.